The van der Waals surface area contributed by atoms with Gasteiger partial charge in [-0.05, 0) is 52.9 Å². The average Bonchev–Trinajstić information content (AvgIpc) is 2.76. The van der Waals surface area contributed by atoms with Gasteiger partial charge < -0.3 is 10.3 Å². The van der Waals surface area contributed by atoms with Crippen molar-refractivity contribution >= 4 is 50.8 Å². The number of fused-ring (bicyclic) bond motifs is 1. The number of hydrogen-bond acceptors (Lipinski definition) is 1. The number of aromatic amines is 1. The standard InChI is InChI=1S/C15H12ClIN2/c16-15-12-3-1-2-4-13(12)19-14(15)9-18-11-7-5-10(17)6-8-11/h1-8,18-19H,9H2. The van der Waals surface area contributed by atoms with Gasteiger partial charge in [0.2, 0.25) is 0 Å². The van der Waals surface area contributed by atoms with Crippen LogP contribution in [0.1, 0.15) is 5.69 Å². The summed E-state index contributed by atoms with van der Waals surface area (Å²) in [6.07, 6.45) is 0. The lowest BCUT2D eigenvalue weighted by Gasteiger charge is -2.05. The van der Waals surface area contributed by atoms with Crippen LogP contribution in [0, 0.1) is 3.57 Å². The topological polar surface area (TPSA) is 27.8 Å². The molecule has 0 aliphatic rings. The number of nitrogens with one attached hydrogen (secondary N) is 2. The average molecular weight is 383 g/mol. The van der Waals surface area contributed by atoms with Gasteiger partial charge in [0, 0.05) is 20.2 Å². The lowest BCUT2D eigenvalue weighted by molar-refractivity contribution is 1.09. The van der Waals surface area contributed by atoms with E-state index >= 15 is 0 Å². The maximum atomic E-state index is 6.38. The smallest absolute Gasteiger partial charge is 0.0710 e. The summed E-state index contributed by atoms with van der Waals surface area (Å²) in [5.41, 5.74) is 3.18. The molecule has 0 aliphatic carbocycles. The Morgan fingerprint density at radius 3 is 2.53 bits per heavy atom. The van der Waals surface area contributed by atoms with Crippen LogP contribution in [0.15, 0.2) is 48.5 Å². The fourth-order valence-corrected chi connectivity index (χ4v) is 2.68. The number of hydrogen-bond donors (Lipinski definition) is 2. The number of rotatable bonds is 3. The van der Waals surface area contributed by atoms with Gasteiger partial charge in [0.05, 0.1) is 17.3 Å². The molecule has 1 aromatic heterocycles. The number of halogens is 2. The predicted molar refractivity (Wildman–Crippen MR) is 89.8 cm³/mol. The zero-order chi connectivity index (χ0) is 13.2. The van der Waals surface area contributed by atoms with Crippen molar-refractivity contribution in [2.24, 2.45) is 0 Å². The summed E-state index contributed by atoms with van der Waals surface area (Å²) in [5.74, 6) is 0. The molecule has 0 unspecified atom stereocenters. The van der Waals surface area contributed by atoms with Gasteiger partial charge in [-0.2, -0.15) is 0 Å². The Hall–Kier alpha value is -1.20. The van der Waals surface area contributed by atoms with Crippen molar-refractivity contribution < 1.29 is 0 Å². The van der Waals surface area contributed by atoms with Crippen LogP contribution in [0.4, 0.5) is 5.69 Å². The second-order valence-electron chi connectivity index (χ2n) is 4.32. The Balaban J connectivity index is 1.82. The van der Waals surface area contributed by atoms with Crippen LogP contribution in [-0.2, 0) is 6.54 Å². The van der Waals surface area contributed by atoms with E-state index in [1.54, 1.807) is 0 Å². The van der Waals surface area contributed by atoms with Gasteiger partial charge in [0.15, 0.2) is 0 Å². The van der Waals surface area contributed by atoms with Crippen molar-refractivity contribution in [2.75, 3.05) is 5.32 Å². The molecule has 4 heteroatoms. The van der Waals surface area contributed by atoms with E-state index in [1.165, 1.54) is 3.57 Å². The van der Waals surface area contributed by atoms with Crippen LogP contribution in [0.25, 0.3) is 10.9 Å². The molecule has 19 heavy (non-hydrogen) atoms. The highest BCUT2D eigenvalue weighted by Gasteiger charge is 2.08. The lowest BCUT2D eigenvalue weighted by Crippen LogP contribution is -1.99. The number of H-pyrrole nitrogens is 1. The molecule has 2 N–H and O–H groups in total. The van der Waals surface area contributed by atoms with Gasteiger partial charge >= 0.3 is 0 Å². The Labute approximate surface area is 130 Å². The largest absolute Gasteiger partial charge is 0.379 e. The van der Waals surface area contributed by atoms with Crippen molar-refractivity contribution in [3.63, 3.8) is 0 Å². The first kappa shape index (κ1) is 12.8. The molecule has 2 nitrogen and oxygen atoms in total. The van der Waals surface area contributed by atoms with Gasteiger partial charge in [-0.15, -0.1) is 0 Å². The minimum absolute atomic E-state index is 0.689. The van der Waals surface area contributed by atoms with Crippen LogP contribution in [-0.4, -0.2) is 4.98 Å². The normalized spacial score (nSPS) is 10.8. The first-order valence-electron chi connectivity index (χ1n) is 5.98. The van der Waals surface area contributed by atoms with Crippen LogP contribution in [0.3, 0.4) is 0 Å². The molecular formula is C15H12ClIN2. The SMILES string of the molecule is Clc1c(CNc2ccc(I)cc2)[nH]c2ccccc12. The monoisotopic (exact) mass is 382 g/mol. The van der Waals surface area contributed by atoms with E-state index in [4.69, 9.17) is 11.6 Å². The van der Waals surface area contributed by atoms with Crippen molar-refractivity contribution in [1.29, 1.82) is 0 Å². The maximum Gasteiger partial charge on any atom is 0.0710 e. The summed E-state index contributed by atoms with van der Waals surface area (Å²) in [5, 5.41) is 5.24. The molecule has 0 saturated carbocycles. The number of aromatic nitrogens is 1. The molecule has 96 valence electrons. The summed E-state index contributed by atoms with van der Waals surface area (Å²) in [6, 6.07) is 16.4. The summed E-state index contributed by atoms with van der Waals surface area (Å²) in [7, 11) is 0. The molecule has 0 atom stereocenters. The fourth-order valence-electron chi connectivity index (χ4n) is 2.04. The van der Waals surface area contributed by atoms with Crippen LogP contribution in [0.5, 0.6) is 0 Å². The molecule has 3 rings (SSSR count). The third-order valence-corrected chi connectivity index (χ3v) is 4.18. The second kappa shape index (κ2) is 5.43. The number of para-hydroxylation sites is 1. The van der Waals surface area contributed by atoms with Crippen molar-refractivity contribution in [2.45, 2.75) is 6.54 Å². The van der Waals surface area contributed by atoms with E-state index in [0.29, 0.717) is 6.54 Å². The fraction of sp³-hybridized carbons (Fsp3) is 0.0667. The third kappa shape index (κ3) is 2.72. The summed E-state index contributed by atoms with van der Waals surface area (Å²) >= 11 is 8.67. The first-order valence-corrected chi connectivity index (χ1v) is 7.44. The Kier molecular flexibility index (Phi) is 3.66. The van der Waals surface area contributed by atoms with Gasteiger partial charge in [-0.3, -0.25) is 0 Å². The van der Waals surface area contributed by atoms with Gasteiger partial charge in [-0.1, -0.05) is 29.8 Å². The van der Waals surface area contributed by atoms with E-state index < -0.39 is 0 Å². The van der Waals surface area contributed by atoms with Crippen LogP contribution >= 0.6 is 34.2 Å². The molecule has 1 heterocycles. The molecule has 3 aromatic rings. The zero-order valence-electron chi connectivity index (χ0n) is 10.1. The number of benzene rings is 2. The molecule has 0 aliphatic heterocycles. The van der Waals surface area contributed by atoms with Crippen molar-refractivity contribution in [3.8, 4) is 0 Å². The molecule has 0 spiro atoms. The van der Waals surface area contributed by atoms with Gasteiger partial charge in [0.1, 0.15) is 0 Å². The minimum Gasteiger partial charge on any atom is -0.379 e. The van der Waals surface area contributed by atoms with E-state index in [9.17, 15) is 0 Å². The maximum absolute atomic E-state index is 6.38. The van der Waals surface area contributed by atoms with Gasteiger partial charge in [-0.25, -0.2) is 0 Å². The highest BCUT2D eigenvalue weighted by atomic mass is 127. The molecule has 0 radical (unpaired) electrons. The Morgan fingerprint density at radius 2 is 1.79 bits per heavy atom. The molecule has 2 aromatic carbocycles. The number of anilines is 1. The first-order chi connectivity index (χ1) is 9.24. The zero-order valence-corrected chi connectivity index (χ0v) is 13.0. The summed E-state index contributed by atoms with van der Waals surface area (Å²) < 4.78 is 1.23. The molecule has 0 saturated heterocycles. The summed E-state index contributed by atoms with van der Waals surface area (Å²) in [4.78, 5) is 3.35. The lowest BCUT2D eigenvalue weighted by atomic mass is 10.2. The molecule has 0 amide bonds. The highest BCUT2D eigenvalue weighted by Crippen LogP contribution is 2.27. The van der Waals surface area contributed by atoms with Crippen molar-refractivity contribution in [3.05, 3.63) is 62.8 Å². The van der Waals surface area contributed by atoms with Crippen molar-refractivity contribution in [1.82, 2.24) is 4.98 Å². The quantitative estimate of drug-likeness (QED) is 0.610. The second-order valence-corrected chi connectivity index (χ2v) is 5.95. The molecule has 0 fully saturated rings. The van der Waals surface area contributed by atoms with E-state index in [0.717, 1.165) is 27.3 Å². The van der Waals surface area contributed by atoms with Gasteiger partial charge in [0.25, 0.3) is 0 Å². The van der Waals surface area contributed by atoms with E-state index in [2.05, 4.69) is 57.2 Å². The van der Waals surface area contributed by atoms with E-state index in [1.807, 2.05) is 24.3 Å². The predicted octanol–water partition coefficient (Wildman–Crippen LogP) is 5.04. The highest BCUT2D eigenvalue weighted by molar-refractivity contribution is 14.1. The minimum atomic E-state index is 0.689. The summed E-state index contributed by atoms with van der Waals surface area (Å²) in [6.45, 7) is 0.689. The van der Waals surface area contributed by atoms with Crippen LogP contribution < -0.4 is 5.32 Å². The Morgan fingerprint density at radius 1 is 1.05 bits per heavy atom. The molecular weight excluding hydrogens is 371 g/mol. The van der Waals surface area contributed by atoms with E-state index in [-0.39, 0.29) is 0 Å². The van der Waals surface area contributed by atoms with Crippen LogP contribution in [0.2, 0.25) is 5.02 Å². The Bertz CT molecular complexity index is 704. The third-order valence-electron chi connectivity index (χ3n) is 3.03. The molecule has 0 bridgehead atoms.